The number of ether oxygens (including phenoxy) is 1. The smallest absolute Gasteiger partial charge is 0.122 e. The number of para-hydroxylation sites is 1. The maximum atomic E-state index is 5.40. The molecule has 0 unspecified atom stereocenters. The lowest BCUT2D eigenvalue weighted by molar-refractivity contribution is 0.411. The summed E-state index contributed by atoms with van der Waals surface area (Å²) in [5, 5.41) is 2.42. The highest BCUT2D eigenvalue weighted by molar-refractivity contribution is 9.10. The fourth-order valence-electron chi connectivity index (χ4n) is 2.14. The molecule has 0 aliphatic heterocycles. The molecular formula is C16H14BrNOS. The summed E-state index contributed by atoms with van der Waals surface area (Å²) < 4.78 is 6.48. The fourth-order valence-corrected chi connectivity index (χ4v) is 3.48. The van der Waals surface area contributed by atoms with Crippen LogP contribution in [0.3, 0.4) is 0 Å². The summed E-state index contributed by atoms with van der Waals surface area (Å²) in [5.41, 5.74) is 2.36. The van der Waals surface area contributed by atoms with Crippen LogP contribution in [0.1, 0.15) is 5.56 Å². The van der Waals surface area contributed by atoms with Crippen molar-refractivity contribution in [2.75, 3.05) is 7.11 Å². The maximum absolute atomic E-state index is 5.40. The number of benzene rings is 2. The zero-order valence-electron chi connectivity index (χ0n) is 11.0. The molecule has 0 saturated heterocycles. The third kappa shape index (κ3) is 2.86. The summed E-state index contributed by atoms with van der Waals surface area (Å²) in [7, 11) is 1.71. The molecule has 20 heavy (non-hydrogen) atoms. The summed E-state index contributed by atoms with van der Waals surface area (Å²) in [6.07, 6.45) is 0. The van der Waals surface area contributed by atoms with Crippen molar-refractivity contribution >= 4 is 38.6 Å². The lowest BCUT2D eigenvalue weighted by Gasteiger charge is -2.08. The first-order valence-corrected chi connectivity index (χ1v) is 8.07. The van der Waals surface area contributed by atoms with E-state index in [-0.39, 0.29) is 0 Å². The first-order valence-electron chi connectivity index (χ1n) is 6.29. The SMILES string of the molecule is COc1ccc(Br)cc1CSc1cc2ccccc2[nH]1. The van der Waals surface area contributed by atoms with Crippen LogP contribution in [0.15, 0.2) is 58.0 Å². The highest BCUT2D eigenvalue weighted by Crippen LogP contribution is 2.31. The van der Waals surface area contributed by atoms with E-state index in [0.717, 1.165) is 16.0 Å². The van der Waals surface area contributed by atoms with Gasteiger partial charge in [0, 0.05) is 26.7 Å². The molecule has 1 N–H and O–H groups in total. The van der Waals surface area contributed by atoms with E-state index in [1.807, 2.05) is 18.2 Å². The van der Waals surface area contributed by atoms with E-state index in [1.54, 1.807) is 18.9 Å². The lowest BCUT2D eigenvalue weighted by atomic mass is 10.2. The number of hydrogen-bond donors (Lipinski definition) is 1. The molecule has 0 spiro atoms. The summed E-state index contributed by atoms with van der Waals surface area (Å²) in [5.74, 6) is 1.80. The first kappa shape index (κ1) is 13.6. The summed E-state index contributed by atoms with van der Waals surface area (Å²) in [4.78, 5) is 3.43. The number of rotatable bonds is 4. The van der Waals surface area contributed by atoms with E-state index in [9.17, 15) is 0 Å². The van der Waals surface area contributed by atoms with Crippen molar-refractivity contribution in [3.8, 4) is 5.75 Å². The Labute approximate surface area is 130 Å². The monoisotopic (exact) mass is 347 g/mol. The minimum absolute atomic E-state index is 0.870. The Morgan fingerprint density at radius 3 is 2.80 bits per heavy atom. The van der Waals surface area contributed by atoms with Crippen LogP contribution in [0.4, 0.5) is 0 Å². The van der Waals surface area contributed by atoms with Crippen molar-refractivity contribution in [1.82, 2.24) is 4.98 Å². The van der Waals surface area contributed by atoms with Gasteiger partial charge in [0.1, 0.15) is 5.75 Å². The molecule has 0 atom stereocenters. The number of fused-ring (bicyclic) bond motifs is 1. The van der Waals surface area contributed by atoms with Crippen LogP contribution >= 0.6 is 27.7 Å². The van der Waals surface area contributed by atoms with Crippen LogP contribution in [0.25, 0.3) is 10.9 Å². The third-order valence-corrected chi connectivity index (χ3v) is 4.61. The van der Waals surface area contributed by atoms with Gasteiger partial charge in [-0.3, -0.25) is 0 Å². The summed E-state index contributed by atoms with van der Waals surface area (Å²) in [6, 6.07) is 16.6. The molecule has 0 amide bonds. The predicted molar refractivity (Wildman–Crippen MR) is 88.6 cm³/mol. The van der Waals surface area contributed by atoms with Crippen LogP contribution in [-0.4, -0.2) is 12.1 Å². The molecule has 1 heterocycles. The zero-order valence-corrected chi connectivity index (χ0v) is 13.4. The van der Waals surface area contributed by atoms with Gasteiger partial charge in [-0.15, -0.1) is 11.8 Å². The van der Waals surface area contributed by atoms with Gasteiger partial charge in [0.25, 0.3) is 0 Å². The van der Waals surface area contributed by atoms with E-state index in [1.165, 1.54) is 21.5 Å². The fraction of sp³-hybridized carbons (Fsp3) is 0.125. The van der Waals surface area contributed by atoms with Gasteiger partial charge in [-0.05, 0) is 30.3 Å². The molecule has 0 bridgehead atoms. The molecule has 0 fully saturated rings. The summed E-state index contributed by atoms with van der Waals surface area (Å²) >= 11 is 5.29. The second-order valence-electron chi connectivity index (χ2n) is 4.47. The maximum Gasteiger partial charge on any atom is 0.122 e. The van der Waals surface area contributed by atoms with Gasteiger partial charge in [-0.2, -0.15) is 0 Å². The Kier molecular flexibility index (Phi) is 4.03. The molecule has 0 aliphatic rings. The number of thioether (sulfide) groups is 1. The van der Waals surface area contributed by atoms with Crippen molar-refractivity contribution in [2.24, 2.45) is 0 Å². The van der Waals surface area contributed by atoms with Crippen molar-refractivity contribution in [2.45, 2.75) is 10.8 Å². The van der Waals surface area contributed by atoms with E-state index < -0.39 is 0 Å². The van der Waals surface area contributed by atoms with Gasteiger partial charge in [0.15, 0.2) is 0 Å². The van der Waals surface area contributed by atoms with E-state index in [0.29, 0.717) is 0 Å². The molecule has 2 aromatic carbocycles. The number of aromatic amines is 1. The van der Waals surface area contributed by atoms with Crippen molar-refractivity contribution < 1.29 is 4.74 Å². The van der Waals surface area contributed by atoms with Crippen LogP contribution in [0.2, 0.25) is 0 Å². The number of hydrogen-bond acceptors (Lipinski definition) is 2. The second-order valence-corrected chi connectivity index (χ2v) is 6.40. The molecule has 1 aromatic heterocycles. The average molecular weight is 348 g/mol. The van der Waals surface area contributed by atoms with Gasteiger partial charge in [0.2, 0.25) is 0 Å². The standard InChI is InChI=1S/C16H14BrNOS/c1-19-15-7-6-13(17)8-12(15)10-20-16-9-11-4-2-3-5-14(11)18-16/h2-9,18H,10H2,1H3. The Morgan fingerprint density at radius 1 is 1.15 bits per heavy atom. The number of nitrogens with one attached hydrogen (secondary N) is 1. The molecule has 0 aliphatic carbocycles. The molecule has 2 nitrogen and oxygen atoms in total. The van der Waals surface area contributed by atoms with Crippen LogP contribution in [0.5, 0.6) is 5.75 Å². The molecule has 102 valence electrons. The van der Waals surface area contributed by atoms with Crippen LogP contribution in [0, 0.1) is 0 Å². The van der Waals surface area contributed by atoms with Crippen molar-refractivity contribution in [1.29, 1.82) is 0 Å². The Morgan fingerprint density at radius 2 is 2.00 bits per heavy atom. The Balaban J connectivity index is 1.80. The first-order chi connectivity index (χ1) is 9.76. The van der Waals surface area contributed by atoms with Crippen molar-refractivity contribution in [3.63, 3.8) is 0 Å². The highest BCUT2D eigenvalue weighted by atomic mass is 79.9. The minimum atomic E-state index is 0.870. The van der Waals surface area contributed by atoms with Crippen LogP contribution < -0.4 is 4.74 Å². The molecule has 0 radical (unpaired) electrons. The predicted octanol–water partition coefficient (Wildman–Crippen LogP) is 5.23. The molecule has 3 aromatic rings. The number of H-pyrrole nitrogens is 1. The van der Waals surface area contributed by atoms with Gasteiger partial charge in [0.05, 0.1) is 12.1 Å². The topological polar surface area (TPSA) is 25.0 Å². The van der Waals surface area contributed by atoms with Gasteiger partial charge < -0.3 is 9.72 Å². The Hall–Kier alpha value is -1.39. The second kappa shape index (κ2) is 5.94. The number of halogens is 1. The van der Waals surface area contributed by atoms with Crippen LogP contribution in [-0.2, 0) is 5.75 Å². The highest BCUT2D eigenvalue weighted by Gasteiger charge is 2.06. The third-order valence-electron chi connectivity index (χ3n) is 3.13. The normalized spacial score (nSPS) is 10.9. The number of methoxy groups -OCH3 is 1. The quantitative estimate of drug-likeness (QED) is 0.653. The number of aromatic nitrogens is 1. The molecular weight excluding hydrogens is 334 g/mol. The van der Waals surface area contributed by atoms with E-state index >= 15 is 0 Å². The summed E-state index contributed by atoms with van der Waals surface area (Å²) in [6.45, 7) is 0. The average Bonchev–Trinajstić information content (AvgIpc) is 2.88. The molecule has 0 saturated carbocycles. The van der Waals surface area contributed by atoms with E-state index in [2.05, 4.69) is 51.2 Å². The molecule has 3 rings (SSSR count). The Bertz CT molecular complexity index is 705. The van der Waals surface area contributed by atoms with Crippen molar-refractivity contribution in [3.05, 3.63) is 58.6 Å². The zero-order chi connectivity index (χ0) is 13.9. The largest absolute Gasteiger partial charge is 0.496 e. The minimum Gasteiger partial charge on any atom is -0.496 e. The van der Waals surface area contributed by atoms with E-state index in [4.69, 9.17) is 4.74 Å². The van der Waals surface area contributed by atoms with Gasteiger partial charge >= 0.3 is 0 Å². The molecule has 4 heteroatoms. The van der Waals surface area contributed by atoms with Gasteiger partial charge in [-0.1, -0.05) is 34.1 Å². The van der Waals surface area contributed by atoms with Gasteiger partial charge in [-0.25, -0.2) is 0 Å². The lowest BCUT2D eigenvalue weighted by Crippen LogP contribution is -1.90.